The molecule has 0 aromatic heterocycles. The first-order valence-electron chi connectivity index (χ1n) is 11.4. The van der Waals surface area contributed by atoms with Gasteiger partial charge in [0, 0.05) is 17.2 Å². The average molecular weight is 425 g/mol. The number of urea groups is 1. The fourth-order valence-electron chi connectivity index (χ4n) is 4.84. The van der Waals surface area contributed by atoms with Crippen molar-refractivity contribution in [1.82, 2.24) is 5.01 Å². The number of hydrogen-bond acceptors (Lipinski definition) is 3. The third-order valence-corrected chi connectivity index (χ3v) is 6.47. The molecule has 5 heteroatoms. The van der Waals surface area contributed by atoms with Crippen molar-refractivity contribution in [1.29, 1.82) is 0 Å². The summed E-state index contributed by atoms with van der Waals surface area (Å²) in [5.74, 6) is 0.350. The highest BCUT2D eigenvalue weighted by molar-refractivity contribution is 6.11. The zero-order chi connectivity index (χ0) is 21.9. The summed E-state index contributed by atoms with van der Waals surface area (Å²) >= 11 is 0. The van der Waals surface area contributed by atoms with Gasteiger partial charge < -0.3 is 11.1 Å². The smallest absolute Gasteiger partial charge is 0.343 e. The molecule has 3 aromatic carbocycles. The van der Waals surface area contributed by atoms with Crippen LogP contribution in [0.1, 0.15) is 54.8 Å². The second kappa shape index (κ2) is 8.87. The Morgan fingerprint density at radius 1 is 0.844 bits per heavy atom. The number of nitrogen functional groups attached to an aromatic ring is 1. The van der Waals surface area contributed by atoms with E-state index < -0.39 is 0 Å². The lowest BCUT2D eigenvalue weighted by molar-refractivity contribution is 0.201. The molecule has 5 rings (SSSR count). The minimum absolute atomic E-state index is 0.228. The van der Waals surface area contributed by atoms with Gasteiger partial charge in [-0.1, -0.05) is 79.9 Å². The monoisotopic (exact) mass is 424 g/mol. The fraction of sp³-hybridized carbons (Fsp3) is 0.259. The number of rotatable bonds is 4. The van der Waals surface area contributed by atoms with Crippen LogP contribution in [0.25, 0.3) is 0 Å². The quantitative estimate of drug-likeness (QED) is 0.490. The molecular weight excluding hydrogens is 396 g/mol. The van der Waals surface area contributed by atoms with Gasteiger partial charge in [0.1, 0.15) is 6.04 Å². The highest BCUT2D eigenvalue weighted by Gasteiger charge is 2.33. The van der Waals surface area contributed by atoms with E-state index in [-0.39, 0.29) is 12.1 Å². The Labute approximate surface area is 188 Å². The van der Waals surface area contributed by atoms with E-state index >= 15 is 0 Å². The number of nitrogens with one attached hydrogen (secondary N) is 1. The van der Waals surface area contributed by atoms with Crippen molar-refractivity contribution in [3.63, 3.8) is 0 Å². The number of benzene rings is 3. The first kappa shape index (κ1) is 20.3. The molecule has 2 aliphatic rings. The van der Waals surface area contributed by atoms with E-state index in [4.69, 9.17) is 10.8 Å². The molecule has 1 fully saturated rings. The molecule has 0 bridgehead atoms. The molecule has 1 heterocycles. The molecule has 0 spiro atoms. The highest BCUT2D eigenvalue weighted by Crippen LogP contribution is 2.36. The molecule has 1 aliphatic carbocycles. The Hall–Kier alpha value is -3.60. The van der Waals surface area contributed by atoms with Crippen LogP contribution in [0.15, 0.2) is 84.0 Å². The molecule has 1 unspecified atom stereocenters. The normalized spacial score (nSPS) is 17.7. The third-order valence-electron chi connectivity index (χ3n) is 6.47. The lowest BCUT2D eigenvalue weighted by atomic mass is 9.83. The molecule has 32 heavy (non-hydrogen) atoms. The number of para-hydroxylation sites is 1. The number of fused-ring (bicyclic) bond motifs is 1. The van der Waals surface area contributed by atoms with Gasteiger partial charge >= 0.3 is 6.03 Å². The van der Waals surface area contributed by atoms with Crippen LogP contribution in [-0.2, 0) is 0 Å². The number of amides is 2. The molecule has 0 radical (unpaired) electrons. The first-order valence-corrected chi connectivity index (χ1v) is 11.4. The van der Waals surface area contributed by atoms with Crippen molar-refractivity contribution >= 4 is 23.1 Å². The van der Waals surface area contributed by atoms with Crippen LogP contribution in [0.3, 0.4) is 0 Å². The molecule has 3 aromatic rings. The largest absolute Gasteiger partial charge is 0.399 e. The number of nitrogens with two attached hydrogens (primary N) is 1. The summed E-state index contributed by atoms with van der Waals surface area (Å²) in [5, 5.41) is 9.85. The van der Waals surface area contributed by atoms with E-state index in [2.05, 4.69) is 11.4 Å². The Balaban J connectivity index is 1.66. The Morgan fingerprint density at radius 2 is 1.50 bits per heavy atom. The van der Waals surface area contributed by atoms with Gasteiger partial charge in [-0.25, -0.2) is 9.80 Å². The number of hydrogen-bond donors (Lipinski definition) is 2. The summed E-state index contributed by atoms with van der Waals surface area (Å²) < 4.78 is 0. The number of hydrazone groups is 1. The van der Waals surface area contributed by atoms with Crippen molar-refractivity contribution in [2.24, 2.45) is 11.0 Å². The molecule has 162 valence electrons. The minimum atomic E-state index is -0.357. The van der Waals surface area contributed by atoms with Crippen molar-refractivity contribution in [3.05, 3.63) is 95.6 Å². The van der Waals surface area contributed by atoms with E-state index in [9.17, 15) is 4.79 Å². The van der Waals surface area contributed by atoms with Gasteiger partial charge in [0.15, 0.2) is 0 Å². The SMILES string of the molecule is Nc1ccc(C(c2ccccc2)N2N=C(C3CCCCC3)c3ccccc3NC2=O)cc1. The summed E-state index contributed by atoms with van der Waals surface area (Å²) in [6.45, 7) is 0. The molecule has 1 atom stereocenters. The van der Waals surface area contributed by atoms with Crippen molar-refractivity contribution in [2.75, 3.05) is 11.1 Å². The van der Waals surface area contributed by atoms with Gasteiger partial charge in [-0.05, 0) is 42.2 Å². The molecule has 2 amide bonds. The summed E-state index contributed by atoms with van der Waals surface area (Å²) in [7, 11) is 0. The van der Waals surface area contributed by atoms with Gasteiger partial charge in [-0.3, -0.25) is 0 Å². The summed E-state index contributed by atoms with van der Waals surface area (Å²) in [6.07, 6.45) is 5.88. The third kappa shape index (κ3) is 3.98. The first-order chi connectivity index (χ1) is 15.7. The summed E-state index contributed by atoms with van der Waals surface area (Å²) in [4.78, 5) is 13.5. The van der Waals surface area contributed by atoms with E-state index in [1.807, 2.05) is 72.8 Å². The fourth-order valence-corrected chi connectivity index (χ4v) is 4.84. The average Bonchev–Trinajstić information content (AvgIpc) is 2.98. The number of anilines is 2. The van der Waals surface area contributed by atoms with Gasteiger partial charge in [-0.2, -0.15) is 5.10 Å². The molecule has 1 aliphatic heterocycles. The Bertz CT molecular complexity index is 1120. The minimum Gasteiger partial charge on any atom is -0.399 e. The standard InChI is InChI=1S/C27H28N4O/c28-22-17-15-21(16-18-22)26(20-11-5-2-6-12-20)31-27(32)29-24-14-8-7-13-23(24)25(30-31)19-9-3-1-4-10-19/h2,5-8,11-19,26H,1,3-4,9-10,28H2,(H,29,32). The number of nitrogens with zero attached hydrogens (tertiary/aromatic N) is 2. The van der Waals surface area contributed by atoms with Crippen LogP contribution in [-0.4, -0.2) is 16.8 Å². The lowest BCUT2D eigenvalue weighted by Gasteiger charge is -2.29. The second-order valence-electron chi connectivity index (χ2n) is 8.62. The van der Waals surface area contributed by atoms with E-state index in [1.54, 1.807) is 5.01 Å². The van der Waals surface area contributed by atoms with E-state index in [0.717, 1.165) is 40.9 Å². The van der Waals surface area contributed by atoms with Gasteiger partial charge in [0.25, 0.3) is 0 Å². The second-order valence-corrected chi connectivity index (χ2v) is 8.62. The van der Waals surface area contributed by atoms with E-state index in [1.165, 1.54) is 19.3 Å². The van der Waals surface area contributed by atoms with Gasteiger partial charge in [0.05, 0.1) is 11.4 Å². The maximum Gasteiger partial charge on any atom is 0.343 e. The van der Waals surface area contributed by atoms with Crippen molar-refractivity contribution in [2.45, 2.75) is 38.1 Å². The highest BCUT2D eigenvalue weighted by atomic mass is 16.2. The van der Waals surface area contributed by atoms with Gasteiger partial charge in [0.2, 0.25) is 0 Å². The topological polar surface area (TPSA) is 70.7 Å². The van der Waals surface area contributed by atoms with Crippen LogP contribution >= 0.6 is 0 Å². The summed E-state index contributed by atoms with van der Waals surface area (Å²) in [5.41, 5.74) is 11.5. The zero-order valence-electron chi connectivity index (χ0n) is 18.1. The molecule has 5 nitrogen and oxygen atoms in total. The Morgan fingerprint density at radius 3 is 2.25 bits per heavy atom. The Kier molecular flexibility index (Phi) is 5.63. The predicted octanol–water partition coefficient (Wildman–Crippen LogP) is 6.19. The molecule has 0 saturated heterocycles. The van der Waals surface area contributed by atoms with Crippen LogP contribution in [0.2, 0.25) is 0 Å². The van der Waals surface area contributed by atoms with Crippen LogP contribution in [0, 0.1) is 5.92 Å². The van der Waals surface area contributed by atoms with Crippen LogP contribution < -0.4 is 11.1 Å². The molecule has 3 N–H and O–H groups in total. The molecular formula is C27H28N4O. The maximum absolute atomic E-state index is 13.5. The summed E-state index contributed by atoms with van der Waals surface area (Å²) in [6, 6.07) is 25.2. The number of carbonyl (C=O) groups is 1. The molecule has 1 saturated carbocycles. The lowest BCUT2D eigenvalue weighted by Crippen LogP contribution is -2.35. The van der Waals surface area contributed by atoms with Crippen molar-refractivity contribution < 1.29 is 4.79 Å². The number of carbonyl (C=O) groups excluding carboxylic acids is 1. The predicted molar refractivity (Wildman–Crippen MR) is 130 cm³/mol. The van der Waals surface area contributed by atoms with E-state index in [0.29, 0.717) is 11.6 Å². The van der Waals surface area contributed by atoms with Crippen LogP contribution in [0.5, 0.6) is 0 Å². The maximum atomic E-state index is 13.5. The van der Waals surface area contributed by atoms with Crippen LogP contribution in [0.4, 0.5) is 16.2 Å². The van der Waals surface area contributed by atoms with Crippen molar-refractivity contribution in [3.8, 4) is 0 Å². The van der Waals surface area contributed by atoms with Gasteiger partial charge in [-0.15, -0.1) is 0 Å². The zero-order valence-corrected chi connectivity index (χ0v) is 18.1.